The predicted molar refractivity (Wildman–Crippen MR) is 372 cm³/mol. The van der Waals surface area contributed by atoms with Crippen LogP contribution in [0.25, 0.3) is 11.2 Å². The molecule has 106 heavy (non-hydrogen) atoms. The van der Waals surface area contributed by atoms with Crippen LogP contribution in [0, 0.1) is 11.8 Å². The predicted octanol–water partition coefficient (Wildman–Crippen LogP) is 3.18. The van der Waals surface area contributed by atoms with Crippen LogP contribution in [0.1, 0.15) is 87.0 Å². The summed E-state index contributed by atoms with van der Waals surface area (Å²) in [5.41, 5.74) is 0.170. The molecule has 0 spiro atoms. The van der Waals surface area contributed by atoms with Gasteiger partial charge in [-0.15, -0.1) is 9.05 Å². The number of aliphatic hydroxyl groups excluding tert-OH is 1. The maximum atomic E-state index is 14.0. The molecule has 4 aliphatic rings. The van der Waals surface area contributed by atoms with Crippen LogP contribution in [0.3, 0.4) is 0 Å². The Hall–Kier alpha value is -8.94. The fourth-order valence-corrected chi connectivity index (χ4v) is 13.2. The number of H-pyrrole nitrogens is 1. The lowest BCUT2D eigenvalue weighted by Gasteiger charge is -2.26. The highest BCUT2D eigenvalue weighted by Crippen LogP contribution is 2.45. The molecule has 9 rings (SSSR count). The minimum atomic E-state index is -3.40. The first-order chi connectivity index (χ1) is 51.1. The van der Waals surface area contributed by atoms with Gasteiger partial charge < -0.3 is 73.7 Å². The summed E-state index contributed by atoms with van der Waals surface area (Å²) in [4.78, 5) is 141. The summed E-state index contributed by atoms with van der Waals surface area (Å²) in [6, 6.07) is 10.8. The van der Waals surface area contributed by atoms with Crippen LogP contribution in [0.4, 0.5) is 16.4 Å². The third kappa shape index (κ3) is 23.8. The number of aromatic amines is 1. The Labute approximate surface area is 610 Å². The number of nitrogens with one attached hydrogen (secondary N) is 6. The number of imidazole rings is 1. The number of imide groups is 1. The van der Waals surface area contributed by atoms with Gasteiger partial charge in [0.25, 0.3) is 23.3 Å². The summed E-state index contributed by atoms with van der Waals surface area (Å²) in [5.74, 6) is -5.08. The van der Waals surface area contributed by atoms with Crippen LogP contribution in [0.5, 0.6) is 5.88 Å². The number of amides is 8. The van der Waals surface area contributed by atoms with Crippen molar-refractivity contribution in [3.05, 3.63) is 113 Å². The zero-order chi connectivity index (χ0) is 75.7. The number of carbonyl (C=O) groups is 8. The second-order valence-electron chi connectivity index (χ2n) is 25.3. The van der Waals surface area contributed by atoms with E-state index in [9.17, 15) is 57.4 Å². The van der Waals surface area contributed by atoms with Crippen molar-refractivity contribution in [1.82, 2.24) is 55.2 Å². The number of ether oxygens (including phenoxy) is 8. The van der Waals surface area contributed by atoms with Gasteiger partial charge in [0.2, 0.25) is 35.5 Å². The maximum absolute atomic E-state index is 14.0. The quantitative estimate of drug-likeness (QED) is 0.0170. The zero-order valence-corrected chi connectivity index (χ0v) is 60.9. The highest BCUT2D eigenvalue weighted by Gasteiger charge is 2.51. The van der Waals surface area contributed by atoms with Gasteiger partial charge in [-0.3, -0.25) is 67.2 Å². The lowest BCUT2D eigenvalue weighted by Crippen LogP contribution is -2.57. The maximum Gasteiger partial charge on any atom is 0.697 e. The Morgan fingerprint density at radius 2 is 1.52 bits per heavy atom. The number of benzene rings is 2. The highest BCUT2D eigenvalue weighted by molar-refractivity contribution is 7.33. The average molecular weight is 1520 g/mol. The highest BCUT2D eigenvalue weighted by atomic mass is 31.1. The first kappa shape index (κ1) is 81.1. The van der Waals surface area contributed by atoms with Gasteiger partial charge in [-0.05, 0) is 67.9 Å². The summed E-state index contributed by atoms with van der Waals surface area (Å²) in [6.45, 7) is 6.94. The molecule has 37 nitrogen and oxygen atoms in total. The van der Waals surface area contributed by atoms with E-state index in [2.05, 4.69) is 51.5 Å². The molecule has 12 atom stereocenters. The Morgan fingerprint density at radius 1 is 0.811 bits per heavy atom. The van der Waals surface area contributed by atoms with Crippen molar-refractivity contribution in [3.8, 4) is 5.88 Å². The minimum Gasteiger partial charge on any atom is -0.474 e. The van der Waals surface area contributed by atoms with Gasteiger partial charge in [0.1, 0.15) is 68.2 Å². The second-order valence-corrected chi connectivity index (χ2v) is 27.2. The molecule has 5 aromatic rings. The third-order valence-corrected chi connectivity index (χ3v) is 18.8. The molecule has 6 heterocycles. The van der Waals surface area contributed by atoms with Crippen LogP contribution < -0.4 is 36.9 Å². The van der Waals surface area contributed by atoms with E-state index in [0.29, 0.717) is 81.6 Å². The first-order valence-electron chi connectivity index (χ1n) is 34.4. The normalized spacial score (nSPS) is 21.4. The molecule has 7 N–H and O–H groups in total. The van der Waals surface area contributed by atoms with Crippen LogP contribution in [-0.2, 0) is 102 Å². The third-order valence-electron chi connectivity index (χ3n) is 17.2. The molecule has 3 aliphatic heterocycles. The van der Waals surface area contributed by atoms with Crippen molar-refractivity contribution in [3.63, 3.8) is 0 Å². The number of anilines is 2. The van der Waals surface area contributed by atoms with Crippen molar-refractivity contribution in [2.24, 2.45) is 11.8 Å². The fraction of sp³-hybridized carbons (Fsp3) is 0.537. The largest absolute Gasteiger partial charge is 0.697 e. The molecule has 2 aromatic carbocycles. The van der Waals surface area contributed by atoms with E-state index in [1.165, 1.54) is 60.5 Å². The van der Waals surface area contributed by atoms with Gasteiger partial charge in [0, 0.05) is 86.2 Å². The van der Waals surface area contributed by atoms with Gasteiger partial charge in [-0.2, -0.15) is 4.98 Å². The number of carbonyl (C=O) groups excluding carboxylic acids is 8. The Balaban J connectivity index is 0.727. The van der Waals surface area contributed by atoms with Gasteiger partial charge in [0.05, 0.1) is 72.4 Å². The number of fused-ring (bicyclic) bond motifs is 4. The SMILES string of the molecule is COCCOCCOCCOCCOCCC(=O)N[C@@H](CCCCN1C(=O)C=CC1=O)C(=O)N[C@H](C(=O)N[C@@H](C)C(=O)Nc1ccc(COC(=O)N(C)Cc2ccccc2C(=O)Nc2nc3c(ncn3[C@@H]3O[C@@H]4CO[P+](=O)O[C@H]5C[C@H](Oc6ccncn6)C[C@@H]5CO[PH](=O)O[C@@H]3[C@@H]4O)c(=O)[nH]2)cc1)C(C)C. The lowest BCUT2D eigenvalue weighted by atomic mass is 10.0. The molecular formula is C67H88N13O24P2+. The van der Waals surface area contributed by atoms with E-state index in [1.807, 2.05) is 0 Å². The van der Waals surface area contributed by atoms with E-state index in [0.717, 1.165) is 4.90 Å². The summed E-state index contributed by atoms with van der Waals surface area (Å²) < 4.78 is 95.3. The molecule has 2 bridgehead atoms. The summed E-state index contributed by atoms with van der Waals surface area (Å²) in [6.07, 6.45) is 0.104. The summed E-state index contributed by atoms with van der Waals surface area (Å²) in [7, 11) is -3.15. The molecule has 8 amide bonds. The first-order valence-corrected chi connectivity index (χ1v) is 36.7. The number of aromatic nitrogens is 6. The topological polar surface area (TPSA) is 458 Å². The standard InChI is InChI=1S/C67H87N13O24P2/c1-40(2)55(74-62(87)48(12-8-9-22-79-53(82)17-18-54(79)83)73-51(81)20-23-94-26-27-96-30-31-97-29-28-95-25-24-93-5)63(88)71-41(3)60(85)72-45-15-13-42(14-16-45)35-98-67(90)78(4)34-43-10-6-7-11-47(43)61(86)76-66-75-59-56(64(89)77-66)70-39-80(59)65-58-57(84)50(102-65)37-100-105(91)103-49-33-46(101-52-19-21-68-38-69-52)32-44(49)36-99-106(92)104-58/h6-7,10-11,13-19,21,38-41,44,46,48-50,55,57-58,65,84,106H,8-9,12,20,22-37H2,1-5H3,(H5-,71,72,73,74,75,76,77,81,85,86,87,88,89)/p+1/t41-,44+,46+,48-,49-,50+,55-,57+,58+,65+/m0/s1. The van der Waals surface area contributed by atoms with Gasteiger partial charge in [-0.25, -0.2) is 19.7 Å². The fourth-order valence-electron chi connectivity index (χ4n) is 11.5. The van der Waals surface area contributed by atoms with Crippen molar-refractivity contribution in [2.45, 2.75) is 127 Å². The monoisotopic (exact) mass is 1520 g/mol. The molecule has 39 heteroatoms. The number of aliphatic hydroxyl groups is 1. The van der Waals surface area contributed by atoms with Crippen molar-refractivity contribution in [1.29, 1.82) is 0 Å². The molecule has 574 valence electrons. The van der Waals surface area contributed by atoms with Gasteiger partial charge in [0.15, 0.2) is 17.4 Å². The number of rotatable bonds is 37. The second kappa shape index (κ2) is 40.7. The van der Waals surface area contributed by atoms with E-state index in [4.69, 9.17) is 56.0 Å². The van der Waals surface area contributed by atoms with E-state index >= 15 is 0 Å². The molecule has 1 saturated carbocycles. The van der Waals surface area contributed by atoms with Crippen LogP contribution in [0.2, 0.25) is 0 Å². The summed E-state index contributed by atoms with van der Waals surface area (Å²) >= 11 is 0. The molecule has 1 aliphatic carbocycles. The summed E-state index contributed by atoms with van der Waals surface area (Å²) in [5, 5.41) is 24.9. The number of hydrogen-bond acceptors (Lipinski definition) is 28. The van der Waals surface area contributed by atoms with E-state index < -0.39 is 143 Å². The molecular weight excluding hydrogens is 1430 g/mol. The van der Waals surface area contributed by atoms with Crippen molar-refractivity contribution < 1.29 is 109 Å². The van der Waals surface area contributed by atoms with Crippen LogP contribution in [0.15, 0.2) is 90.4 Å². The minimum absolute atomic E-state index is 0.0195. The van der Waals surface area contributed by atoms with E-state index in [-0.39, 0.29) is 88.1 Å². The van der Waals surface area contributed by atoms with Gasteiger partial charge >= 0.3 is 22.6 Å². The Kier molecular flexibility index (Phi) is 31.1. The smallest absolute Gasteiger partial charge is 0.474 e. The Bertz CT molecular complexity index is 3930. The number of methoxy groups -OCH3 is 1. The van der Waals surface area contributed by atoms with Gasteiger partial charge in [-0.1, -0.05) is 44.2 Å². The number of nitrogens with zero attached hydrogens (tertiary/aromatic N) is 7. The van der Waals surface area contributed by atoms with E-state index in [1.54, 1.807) is 69.5 Å². The average Bonchev–Trinajstić information content (AvgIpc) is 1.60. The zero-order valence-electron chi connectivity index (χ0n) is 59.0. The molecule has 3 fully saturated rings. The molecule has 2 saturated heterocycles. The van der Waals surface area contributed by atoms with Crippen LogP contribution >= 0.6 is 16.5 Å². The Morgan fingerprint density at radius 3 is 2.22 bits per heavy atom. The lowest BCUT2D eigenvalue weighted by molar-refractivity contribution is -0.137. The van der Waals surface area contributed by atoms with Crippen molar-refractivity contribution in [2.75, 3.05) is 104 Å². The molecule has 3 aromatic heterocycles. The van der Waals surface area contributed by atoms with Crippen molar-refractivity contribution >= 4 is 86.8 Å². The molecule has 0 radical (unpaired) electrons. The number of hydrogen-bond donors (Lipinski definition) is 7. The number of unbranched alkanes of at least 4 members (excludes halogenated alkanes) is 1. The molecule has 2 unspecified atom stereocenters. The van der Waals surface area contributed by atoms with Crippen LogP contribution in [-0.4, -0.2) is 234 Å².